The van der Waals surface area contributed by atoms with Crippen molar-refractivity contribution in [3.8, 4) is 0 Å². The average molecular weight is 363 g/mol. The van der Waals surface area contributed by atoms with Crippen LogP contribution in [0.25, 0.3) is 0 Å². The third-order valence-corrected chi connectivity index (χ3v) is 4.31. The number of nitrogens with one attached hydrogen (secondary N) is 1. The molecule has 1 rings (SSSR count). The van der Waals surface area contributed by atoms with E-state index in [9.17, 15) is 8.78 Å². The van der Waals surface area contributed by atoms with Crippen LogP contribution in [0.4, 0.5) is 8.78 Å². The van der Waals surface area contributed by atoms with Gasteiger partial charge in [0, 0.05) is 11.6 Å². The molecular weight excluding hydrogens is 338 g/mol. The van der Waals surface area contributed by atoms with Crippen molar-refractivity contribution < 1.29 is 8.78 Å². The molecule has 1 unspecified atom stereocenters. The fraction of sp³-hybridized carbons (Fsp3) is 0.625. The molecule has 0 radical (unpaired) electrons. The zero-order valence-corrected chi connectivity index (χ0v) is 14.6. The molecule has 0 aliphatic heterocycles. The Morgan fingerprint density at radius 3 is 2.43 bits per heavy atom. The van der Waals surface area contributed by atoms with Gasteiger partial charge in [-0.2, -0.15) is 0 Å². The molecule has 5 heteroatoms. The normalized spacial score (nSPS) is 12.9. The monoisotopic (exact) mass is 362 g/mol. The van der Waals surface area contributed by atoms with Crippen molar-refractivity contribution in [1.29, 1.82) is 0 Å². The summed E-state index contributed by atoms with van der Waals surface area (Å²) >= 11 is 3.14. The van der Waals surface area contributed by atoms with Crippen LogP contribution in [0.1, 0.15) is 45.2 Å². The molecule has 21 heavy (non-hydrogen) atoms. The Labute approximate surface area is 135 Å². The van der Waals surface area contributed by atoms with Gasteiger partial charge in [0.05, 0.1) is 4.47 Å². The van der Waals surface area contributed by atoms with E-state index >= 15 is 0 Å². The Morgan fingerprint density at radius 1 is 1.19 bits per heavy atom. The highest BCUT2D eigenvalue weighted by Crippen LogP contribution is 2.28. The second kappa shape index (κ2) is 9.49. The first kappa shape index (κ1) is 18.5. The summed E-state index contributed by atoms with van der Waals surface area (Å²) in [6, 6.07) is 2.43. The lowest BCUT2D eigenvalue weighted by Crippen LogP contribution is -2.31. The van der Waals surface area contributed by atoms with Gasteiger partial charge in [-0.3, -0.25) is 0 Å². The first-order valence-electron chi connectivity index (χ1n) is 7.64. The van der Waals surface area contributed by atoms with Crippen molar-refractivity contribution in [3.63, 3.8) is 0 Å². The second-order valence-electron chi connectivity index (χ2n) is 5.08. The fourth-order valence-electron chi connectivity index (χ4n) is 2.38. The van der Waals surface area contributed by atoms with E-state index in [4.69, 9.17) is 0 Å². The van der Waals surface area contributed by atoms with Gasteiger partial charge in [0.15, 0.2) is 0 Å². The van der Waals surface area contributed by atoms with Crippen LogP contribution in [-0.4, -0.2) is 31.1 Å². The van der Waals surface area contributed by atoms with E-state index in [2.05, 4.69) is 40.0 Å². The van der Waals surface area contributed by atoms with Crippen molar-refractivity contribution in [3.05, 3.63) is 33.8 Å². The van der Waals surface area contributed by atoms with E-state index in [0.717, 1.165) is 32.6 Å². The molecule has 0 bridgehead atoms. The first-order chi connectivity index (χ1) is 10.0. The van der Waals surface area contributed by atoms with Gasteiger partial charge in [-0.05, 0) is 67.1 Å². The summed E-state index contributed by atoms with van der Waals surface area (Å²) in [4.78, 5) is 2.26. The number of benzene rings is 1. The summed E-state index contributed by atoms with van der Waals surface area (Å²) in [7, 11) is 0. The van der Waals surface area contributed by atoms with Crippen molar-refractivity contribution in [1.82, 2.24) is 10.2 Å². The minimum Gasteiger partial charge on any atom is -0.310 e. The smallest absolute Gasteiger partial charge is 0.145 e. The van der Waals surface area contributed by atoms with Crippen molar-refractivity contribution in [2.45, 2.75) is 39.7 Å². The Balaban J connectivity index is 2.94. The molecule has 0 saturated heterocycles. The standard InChI is InChI=1S/C16H25BrF2N2/c1-4-10-20-14(9-11-21(5-2)6-3)15-13(18)8-7-12(17)16(15)19/h7-8,14,20H,4-6,9-11H2,1-3H3. The molecule has 0 aliphatic rings. The third-order valence-electron chi connectivity index (χ3n) is 3.70. The Morgan fingerprint density at radius 2 is 1.86 bits per heavy atom. The first-order valence-corrected chi connectivity index (χ1v) is 8.43. The van der Waals surface area contributed by atoms with Gasteiger partial charge in [0.1, 0.15) is 11.6 Å². The predicted molar refractivity (Wildman–Crippen MR) is 87.5 cm³/mol. The van der Waals surface area contributed by atoms with Crippen LogP contribution in [-0.2, 0) is 0 Å². The van der Waals surface area contributed by atoms with Gasteiger partial charge in [-0.1, -0.05) is 20.8 Å². The van der Waals surface area contributed by atoms with E-state index in [-0.39, 0.29) is 11.6 Å². The number of halogens is 3. The maximum atomic E-state index is 14.3. The quantitative estimate of drug-likeness (QED) is 0.650. The molecular formula is C16H25BrF2N2. The molecule has 1 N–H and O–H groups in total. The summed E-state index contributed by atoms with van der Waals surface area (Å²) in [5.41, 5.74) is 0.144. The van der Waals surface area contributed by atoms with Gasteiger partial charge in [0.25, 0.3) is 0 Å². The SMILES string of the molecule is CCCNC(CCN(CC)CC)c1c(F)ccc(Br)c1F. The highest BCUT2D eigenvalue weighted by molar-refractivity contribution is 9.10. The Bertz CT molecular complexity index is 437. The molecule has 0 saturated carbocycles. The number of rotatable bonds is 9. The minimum absolute atomic E-state index is 0.144. The maximum Gasteiger partial charge on any atom is 0.145 e. The van der Waals surface area contributed by atoms with Crippen LogP contribution in [0.3, 0.4) is 0 Å². The molecule has 1 aromatic carbocycles. The molecule has 1 atom stereocenters. The number of nitrogens with zero attached hydrogens (tertiary/aromatic N) is 1. The summed E-state index contributed by atoms with van der Waals surface area (Å²) in [6.07, 6.45) is 1.62. The van der Waals surface area contributed by atoms with Crippen molar-refractivity contribution >= 4 is 15.9 Å². The van der Waals surface area contributed by atoms with Crippen LogP contribution < -0.4 is 5.32 Å². The van der Waals surface area contributed by atoms with Crippen molar-refractivity contribution in [2.24, 2.45) is 0 Å². The maximum absolute atomic E-state index is 14.3. The zero-order chi connectivity index (χ0) is 15.8. The largest absolute Gasteiger partial charge is 0.310 e. The van der Waals surface area contributed by atoms with E-state index in [1.54, 1.807) is 0 Å². The molecule has 0 amide bonds. The Kier molecular flexibility index (Phi) is 8.37. The molecule has 0 aliphatic carbocycles. The topological polar surface area (TPSA) is 15.3 Å². The zero-order valence-electron chi connectivity index (χ0n) is 13.1. The van der Waals surface area contributed by atoms with Crippen LogP contribution in [0.2, 0.25) is 0 Å². The van der Waals surface area contributed by atoms with E-state index < -0.39 is 11.6 Å². The highest BCUT2D eigenvalue weighted by atomic mass is 79.9. The lowest BCUT2D eigenvalue weighted by Gasteiger charge is -2.25. The molecule has 0 aromatic heterocycles. The molecule has 0 heterocycles. The van der Waals surface area contributed by atoms with Gasteiger partial charge < -0.3 is 10.2 Å². The number of hydrogen-bond donors (Lipinski definition) is 1. The number of hydrogen-bond acceptors (Lipinski definition) is 2. The van der Waals surface area contributed by atoms with Gasteiger partial charge >= 0.3 is 0 Å². The molecule has 2 nitrogen and oxygen atoms in total. The molecule has 0 fully saturated rings. The fourth-order valence-corrected chi connectivity index (χ4v) is 2.73. The highest BCUT2D eigenvalue weighted by Gasteiger charge is 2.22. The van der Waals surface area contributed by atoms with E-state index in [1.807, 2.05) is 6.92 Å². The summed E-state index contributed by atoms with van der Waals surface area (Å²) < 4.78 is 28.7. The average Bonchev–Trinajstić information content (AvgIpc) is 2.49. The lowest BCUT2D eigenvalue weighted by atomic mass is 10.0. The van der Waals surface area contributed by atoms with Crippen LogP contribution in [0, 0.1) is 11.6 Å². The van der Waals surface area contributed by atoms with Gasteiger partial charge in [0.2, 0.25) is 0 Å². The van der Waals surface area contributed by atoms with Gasteiger partial charge in [-0.15, -0.1) is 0 Å². The van der Waals surface area contributed by atoms with Crippen LogP contribution in [0.5, 0.6) is 0 Å². The van der Waals surface area contributed by atoms with Crippen LogP contribution >= 0.6 is 15.9 Å². The molecule has 0 spiro atoms. The minimum atomic E-state index is -0.497. The summed E-state index contributed by atoms with van der Waals surface area (Å²) in [5.74, 6) is -0.980. The van der Waals surface area contributed by atoms with Crippen LogP contribution in [0.15, 0.2) is 16.6 Å². The van der Waals surface area contributed by atoms with E-state index in [1.165, 1.54) is 12.1 Å². The second-order valence-corrected chi connectivity index (χ2v) is 5.93. The van der Waals surface area contributed by atoms with E-state index in [0.29, 0.717) is 10.9 Å². The Hall–Kier alpha value is -0.520. The predicted octanol–water partition coefficient (Wildman–Crippen LogP) is 4.50. The summed E-state index contributed by atoms with van der Waals surface area (Å²) in [5, 5.41) is 3.27. The lowest BCUT2D eigenvalue weighted by molar-refractivity contribution is 0.278. The van der Waals surface area contributed by atoms with Gasteiger partial charge in [-0.25, -0.2) is 8.78 Å². The molecule has 120 valence electrons. The third kappa shape index (κ3) is 5.31. The van der Waals surface area contributed by atoms with Crippen molar-refractivity contribution in [2.75, 3.05) is 26.2 Å². The molecule has 1 aromatic rings. The summed E-state index contributed by atoms with van der Waals surface area (Å²) in [6.45, 7) is 9.69.